The monoisotopic (exact) mass is 379 g/mol. The number of nitrogens with zero attached hydrogens (tertiary/aromatic N) is 3. The van der Waals surface area contributed by atoms with Gasteiger partial charge in [0, 0.05) is 30.2 Å². The zero-order valence-electron chi connectivity index (χ0n) is 13.6. The predicted octanol–water partition coefficient (Wildman–Crippen LogP) is 3.96. The molecule has 0 spiro atoms. The molecule has 7 heteroatoms. The zero-order valence-corrected chi connectivity index (χ0v) is 15.2. The van der Waals surface area contributed by atoms with Gasteiger partial charge in [-0.3, -0.25) is 18.9 Å². The van der Waals surface area contributed by atoms with Gasteiger partial charge < -0.3 is 0 Å². The molecule has 0 radical (unpaired) electrons. The Bertz CT molecular complexity index is 1110. The van der Waals surface area contributed by atoms with Crippen LogP contribution in [0.15, 0.2) is 53.4 Å². The Kier molecular flexibility index (Phi) is 3.51. The molecule has 0 saturated heterocycles. The van der Waals surface area contributed by atoms with Crippen molar-refractivity contribution < 1.29 is 9.59 Å². The Hall–Kier alpha value is -2.77. The van der Waals surface area contributed by atoms with E-state index < -0.39 is 0 Å². The smallest absolute Gasteiger partial charge is 0.261 e. The Balaban J connectivity index is 1.39. The van der Waals surface area contributed by atoms with Crippen molar-refractivity contribution in [3.63, 3.8) is 0 Å². The van der Waals surface area contributed by atoms with Crippen LogP contribution < -0.4 is 0 Å². The number of amides is 2. The lowest BCUT2D eigenvalue weighted by Crippen LogP contribution is -2.31. The van der Waals surface area contributed by atoms with Crippen molar-refractivity contribution in [1.29, 1.82) is 0 Å². The van der Waals surface area contributed by atoms with E-state index in [9.17, 15) is 9.59 Å². The second kappa shape index (κ2) is 5.89. The summed E-state index contributed by atoms with van der Waals surface area (Å²) >= 11 is 3.23. The third-order valence-corrected chi connectivity index (χ3v) is 6.31. The van der Waals surface area contributed by atoms with Gasteiger partial charge in [0.15, 0.2) is 4.96 Å². The number of imidazole rings is 1. The topological polar surface area (TPSA) is 54.7 Å². The van der Waals surface area contributed by atoms with Gasteiger partial charge in [-0.1, -0.05) is 18.2 Å². The molecule has 5 rings (SSSR count). The quantitative estimate of drug-likeness (QED) is 0.504. The van der Waals surface area contributed by atoms with Gasteiger partial charge in [0.1, 0.15) is 5.69 Å². The van der Waals surface area contributed by atoms with Crippen molar-refractivity contribution in [2.45, 2.75) is 6.42 Å². The molecule has 0 saturated carbocycles. The molecule has 0 N–H and O–H groups in total. The first-order valence-corrected chi connectivity index (χ1v) is 9.93. The molecule has 5 nitrogen and oxygen atoms in total. The second-order valence-corrected chi connectivity index (χ2v) is 7.82. The number of fused-ring (bicyclic) bond motifs is 2. The summed E-state index contributed by atoms with van der Waals surface area (Å²) in [6.45, 7) is 0.366. The molecule has 0 fully saturated rings. The number of hydrogen-bond acceptors (Lipinski definition) is 5. The maximum atomic E-state index is 12.5. The molecule has 3 aromatic heterocycles. The first kappa shape index (κ1) is 15.5. The minimum Gasteiger partial charge on any atom is -0.294 e. The van der Waals surface area contributed by atoms with Gasteiger partial charge in [0.05, 0.1) is 16.0 Å². The van der Waals surface area contributed by atoms with Crippen molar-refractivity contribution in [2.75, 3.05) is 6.54 Å². The van der Waals surface area contributed by atoms with Crippen LogP contribution in [0.2, 0.25) is 0 Å². The van der Waals surface area contributed by atoms with Gasteiger partial charge in [-0.15, -0.1) is 22.7 Å². The molecule has 2 amide bonds. The minimum atomic E-state index is -0.207. The number of thiophene rings is 1. The third kappa shape index (κ3) is 2.32. The fourth-order valence-electron chi connectivity index (χ4n) is 3.22. The van der Waals surface area contributed by atoms with E-state index in [0.717, 1.165) is 21.2 Å². The van der Waals surface area contributed by atoms with Crippen LogP contribution in [0, 0.1) is 0 Å². The molecule has 4 heterocycles. The Morgan fingerprint density at radius 1 is 0.962 bits per heavy atom. The number of aromatic nitrogens is 2. The molecule has 1 aliphatic heterocycles. The lowest BCUT2D eigenvalue weighted by Gasteiger charge is -2.13. The summed E-state index contributed by atoms with van der Waals surface area (Å²) in [5, 5.41) is 4.07. The highest BCUT2D eigenvalue weighted by Crippen LogP contribution is 2.28. The van der Waals surface area contributed by atoms with Crippen molar-refractivity contribution >= 4 is 39.4 Å². The van der Waals surface area contributed by atoms with Crippen LogP contribution in [-0.2, 0) is 6.42 Å². The van der Waals surface area contributed by atoms with E-state index in [1.54, 1.807) is 46.9 Å². The molecule has 0 aliphatic carbocycles. The van der Waals surface area contributed by atoms with Crippen LogP contribution in [0.4, 0.5) is 0 Å². The van der Waals surface area contributed by atoms with Crippen molar-refractivity contribution in [3.05, 3.63) is 70.2 Å². The molecule has 1 aliphatic rings. The highest BCUT2D eigenvalue weighted by molar-refractivity contribution is 7.15. The van der Waals surface area contributed by atoms with E-state index in [4.69, 9.17) is 0 Å². The summed E-state index contributed by atoms with van der Waals surface area (Å²) in [7, 11) is 0. The van der Waals surface area contributed by atoms with E-state index in [2.05, 4.69) is 15.5 Å². The largest absolute Gasteiger partial charge is 0.294 e. The maximum Gasteiger partial charge on any atom is 0.261 e. The predicted molar refractivity (Wildman–Crippen MR) is 102 cm³/mol. The normalized spacial score (nSPS) is 13.8. The van der Waals surface area contributed by atoms with Crippen LogP contribution >= 0.6 is 22.7 Å². The SMILES string of the molecule is O=C1c2ccccc2C(=O)N1CCc1csc2nc(-c3cccs3)cn12. The fraction of sp³-hybridized carbons (Fsp3) is 0.105. The van der Waals surface area contributed by atoms with Gasteiger partial charge in [-0.05, 0) is 23.6 Å². The second-order valence-electron chi connectivity index (χ2n) is 6.04. The molecule has 0 atom stereocenters. The average Bonchev–Trinajstić information content (AvgIpc) is 3.41. The van der Waals surface area contributed by atoms with Crippen LogP contribution in [0.5, 0.6) is 0 Å². The molecular weight excluding hydrogens is 366 g/mol. The molecule has 0 unspecified atom stereocenters. The molecule has 26 heavy (non-hydrogen) atoms. The van der Waals surface area contributed by atoms with E-state index >= 15 is 0 Å². The molecule has 128 valence electrons. The molecule has 0 bridgehead atoms. The Morgan fingerprint density at radius 2 is 1.73 bits per heavy atom. The maximum absolute atomic E-state index is 12.5. The standard InChI is InChI=1S/C19H13N3O2S2/c23-17-13-4-1-2-5-14(13)18(24)21(17)8-7-12-11-26-19-20-15(10-22(12)19)16-6-3-9-25-16/h1-6,9-11H,7-8H2. The van der Waals surface area contributed by atoms with E-state index in [1.807, 2.05) is 23.0 Å². The number of carbonyl (C=O) groups is 2. The van der Waals surface area contributed by atoms with Crippen LogP contribution in [-0.4, -0.2) is 32.6 Å². The third-order valence-electron chi connectivity index (χ3n) is 4.53. The average molecular weight is 379 g/mol. The van der Waals surface area contributed by atoms with Crippen molar-refractivity contribution in [1.82, 2.24) is 14.3 Å². The van der Waals surface area contributed by atoms with Gasteiger partial charge in [-0.25, -0.2) is 4.98 Å². The van der Waals surface area contributed by atoms with Crippen molar-refractivity contribution in [3.8, 4) is 10.6 Å². The number of benzene rings is 1. The summed E-state index contributed by atoms with van der Waals surface area (Å²) in [4.78, 5) is 33.0. The number of thiazole rings is 1. The van der Waals surface area contributed by atoms with Gasteiger partial charge in [0.2, 0.25) is 0 Å². The van der Waals surface area contributed by atoms with Crippen LogP contribution in [0.3, 0.4) is 0 Å². The zero-order chi connectivity index (χ0) is 17.7. The summed E-state index contributed by atoms with van der Waals surface area (Å²) in [6.07, 6.45) is 2.63. The van der Waals surface area contributed by atoms with E-state index in [-0.39, 0.29) is 11.8 Å². The van der Waals surface area contributed by atoms with Crippen LogP contribution in [0.1, 0.15) is 26.4 Å². The van der Waals surface area contributed by atoms with Crippen LogP contribution in [0.25, 0.3) is 15.5 Å². The van der Waals surface area contributed by atoms with E-state index in [0.29, 0.717) is 24.1 Å². The van der Waals surface area contributed by atoms with Gasteiger partial charge in [0.25, 0.3) is 11.8 Å². The molecular formula is C19H13N3O2S2. The minimum absolute atomic E-state index is 0.207. The number of rotatable bonds is 4. The molecule has 1 aromatic carbocycles. The summed E-state index contributed by atoms with van der Waals surface area (Å²) in [6, 6.07) is 11.1. The summed E-state index contributed by atoms with van der Waals surface area (Å²) < 4.78 is 2.05. The number of imide groups is 1. The van der Waals surface area contributed by atoms with Gasteiger partial charge >= 0.3 is 0 Å². The highest BCUT2D eigenvalue weighted by Gasteiger charge is 2.34. The first-order valence-electron chi connectivity index (χ1n) is 8.17. The lowest BCUT2D eigenvalue weighted by atomic mass is 10.1. The number of hydrogen-bond donors (Lipinski definition) is 0. The summed E-state index contributed by atoms with van der Waals surface area (Å²) in [5.74, 6) is -0.413. The Labute approximate surface area is 157 Å². The van der Waals surface area contributed by atoms with Gasteiger partial charge in [-0.2, -0.15) is 0 Å². The van der Waals surface area contributed by atoms with E-state index in [1.165, 1.54) is 4.90 Å². The summed E-state index contributed by atoms with van der Waals surface area (Å²) in [5.41, 5.74) is 3.00. The fourth-order valence-corrected chi connectivity index (χ4v) is 4.81. The molecule has 4 aromatic rings. The highest BCUT2D eigenvalue weighted by atomic mass is 32.1. The first-order chi connectivity index (χ1) is 12.7. The van der Waals surface area contributed by atoms with Crippen molar-refractivity contribution in [2.24, 2.45) is 0 Å². The lowest BCUT2D eigenvalue weighted by molar-refractivity contribution is 0.0656. The Morgan fingerprint density at radius 3 is 2.42 bits per heavy atom. The number of carbonyl (C=O) groups excluding carboxylic acids is 2.